The molecule has 2 rings (SSSR count). The molecule has 20 heavy (non-hydrogen) atoms. The highest BCUT2D eigenvalue weighted by molar-refractivity contribution is 5.19. The van der Waals surface area contributed by atoms with E-state index in [4.69, 9.17) is 9.47 Å². The highest BCUT2D eigenvalue weighted by Crippen LogP contribution is 2.21. The Morgan fingerprint density at radius 1 is 1.25 bits per heavy atom. The van der Waals surface area contributed by atoms with Gasteiger partial charge in [-0.3, -0.25) is 0 Å². The van der Waals surface area contributed by atoms with Gasteiger partial charge in [-0.25, -0.2) is 0 Å². The topological polar surface area (TPSA) is 30.5 Å². The Morgan fingerprint density at radius 2 is 1.95 bits per heavy atom. The van der Waals surface area contributed by atoms with Gasteiger partial charge in [-0.05, 0) is 37.8 Å². The second-order valence-electron chi connectivity index (χ2n) is 5.54. The van der Waals surface area contributed by atoms with Crippen molar-refractivity contribution in [3.8, 4) is 0 Å². The summed E-state index contributed by atoms with van der Waals surface area (Å²) in [6.07, 6.45) is 2.44. The van der Waals surface area contributed by atoms with Crippen LogP contribution in [0.4, 0.5) is 0 Å². The number of rotatable bonds is 7. The molecule has 1 aromatic rings. The van der Waals surface area contributed by atoms with Gasteiger partial charge in [0, 0.05) is 13.2 Å². The van der Waals surface area contributed by atoms with E-state index in [0.29, 0.717) is 5.92 Å². The molecule has 1 N–H and O–H groups in total. The molecule has 1 fully saturated rings. The molecule has 3 heteroatoms. The van der Waals surface area contributed by atoms with Crippen LogP contribution in [0.5, 0.6) is 0 Å². The van der Waals surface area contributed by atoms with Gasteiger partial charge >= 0.3 is 0 Å². The quantitative estimate of drug-likeness (QED) is 0.830. The van der Waals surface area contributed by atoms with Crippen LogP contribution in [0.1, 0.15) is 38.3 Å². The summed E-state index contributed by atoms with van der Waals surface area (Å²) in [7, 11) is 0. The van der Waals surface area contributed by atoms with Crippen LogP contribution in [-0.4, -0.2) is 32.5 Å². The van der Waals surface area contributed by atoms with Crippen LogP contribution < -0.4 is 5.32 Å². The van der Waals surface area contributed by atoms with E-state index in [1.807, 2.05) is 0 Å². The molecular weight excluding hydrogens is 250 g/mol. The van der Waals surface area contributed by atoms with Gasteiger partial charge in [-0.2, -0.15) is 0 Å². The van der Waals surface area contributed by atoms with Gasteiger partial charge in [0.15, 0.2) is 0 Å². The second kappa shape index (κ2) is 8.40. The van der Waals surface area contributed by atoms with Crippen LogP contribution in [-0.2, 0) is 9.47 Å². The van der Waals surface area contributed by atoms with Crippen molar-refractivity contribution in [2.45, 2.75) is 38.8 Å². The van der Waals surface area contributed by atoms with Crippen LogP contribution in [0.25, 0.3) is 0 Å². The molecule has 0 bridgehead atoms. The first-order valence-electron chi connectivity index (χ1n) is 7.79. The first-order chi connectivity index (χ1) is 9.81. The number of ether oxygens (including phenoxy) is 2. The summed E-state index contributed by atoms with van der Waals surface area (Å²) in [5, 5.41) is 3.54. The van der Waals surface area contributed by atoms with E-state index < -0.39 is 0 Å². The fourth-order valence-corrected chi connectivity index (χ4v) is 2.73. The molecule has 1 aromatic carbocycles. The average Bonchev–Trinajstić information content (AvgIpc) is 2.52. The van der Waals surface area contributed by atoms with Crippen LogP contribution in [0.15, 0.2) is 30.3 Å². The van der Waals surface area contributed by atoms with Crippen molar-refractivity contribution in [3.63, 3.8) is 0 Å². The van der Waals surface area contributed by atoms with E-state index in [-0.39, 0.29) is 12.1 Å². The summed E-state index contributed by atoms with van der Waals surface area (Å²) in [6, 6.07) is 10.8. The van der Waals surface area contributed by atoms with Gasteiger partial charge < -0.3 is 14.8 Å². The second-order valence-corrected chi connectivity index (χ2v) is 5.54. The molecule has 0 saturated carbocycles. The molecule has 0 aromatic heterocycles. The molecule has 0 spiro atoms. The fraction of sp³-hybridized carbons (Fsp3) is 0.647. The molecule has 2 unspecified atom stereocenters. The third-order valence-electron chi connectivity index (χ3n) is 3.99. The largest absolute Gasteiger partial charge is 0.381 e. The number of likely N-dealkylation sites (N-methyl/N-ethyl adjacent to an activating group) is 1. The lowest BCUT2D eigenvalue weighted by atomic mass is 10.00. The Hall–Kier alpha value is -0.900. The molecule has 1 aliphatic rings. The summed E-state index contributed by atoms with van der Waals surface area (Å²) in [5.41, 5.74) is 1.30. The summed E-state index contributed by atoms with van der Waals surface area (Å²) < 4.78 is 11.5. The fourth-order valence-electron chi connectivity index (χ4n) is 2.73. The van der Waals surface area contributed by atoms with Crippen molar-refractivity contribution < 1.29 is 9.47 Å². The summed E-state index contributed by atoms with van der Waals surface area (Å²) in [6.45, 7) is 7.88. The minimum atomic E-state index is 0.181. The Kier molecular flexibility index (Phi) is 6.51. The first kappa shape index (κ1) is 15.5. The zero-order valence-electron chi connectivity index (χ0n) is 12.7. The first-order valence-corrected chi connectivity index (χ1v) is 7.79. The van der Waals surface area contributed by atoms with E-state index in [2.05, 4.69) is 49.5 Å². The number of benzene rings is 1. The van der Waals surface area contributed by atoms with E-state index in [1.165, 1.54) is 5.56 Å². The van der Waals surface area contributed by atoms with Gasteiger partial charge in [0.2, 0.25) is 0 Å². The average molecular weight is 277 g/mol. The molecule has 0 radical (unpaired) electrons. The highest BCUT2D eigenvalue weighted by atomic mass is 16.5. The maximum atomic E-state index is 6.13. The molecule has 1 saturated heterocycles. The van der Waals surface area contributed by atoms with Crippen molar-refractivity contribution in [1.82, 2.24) is 5.32 Å². The minimum Gasteiger partial charge on any atom is -0.381 e. The molecule has 0 amide bonds. The predicted octanol–water partition coefficient (Wildman–Crippen LogP) is 3.17. The SMILES string of the molecule is CCNC(c1ccccc1)C(C)OCC1CCOCC1. The summed E-state index contributed by atoms with van der Waals surface area (Å²) in [5.74, 6) is 0.657. The van der Waals surface area contributed by atoms with Crippen molar-refractivity contribution in [3.05, 3.63) is 35.9 Å². The van der Waals surface area contributed by atoms with Crippen LogP contribution >= 0.6 is 0 Å². The van der Waals surface area contributed by atoms with Crippen LogP contribution in [0.2, 0.25) is 0 Å². The molecule has 3 nitrogen and oxygen atoms in total. The van der Waals surface area contributed by atoms with Crippen LogP contribution in [0.3, 0.4) is 0 Å². The van der Waals surface area contributed by atoms with E-state index in [0.717, 1.165) is 39.2 Å². The maximum absolute atomic E-state index is 6.13. The van der Waals surface area contributed by atoms with Crippen molar-refractivity contribution in [1.29, 1.82) is 0 Å². The molecule has 0 aliphatic carbocycles. The maximum Gasteiger partial charge on any atom is 0.0741 e. The molecule has 112 valence electrons. The normalized spacial score (nSPS) is 19.7. The number of hydrogen-bond donors (Lipinski definition) is 1. The Labute approximate surface area is 122 Å². The lowest BCUT2D eigenvalue weighted by molar-refractivity contribution is -0.0172. The molecular formula is C17H27NO2. The summed E-state index contributed by atoms with van der Waals surface area (Å²) in [4.78, 5) is 0. The van der Waals surface area contributed by atoms with E-state index >= 15 is 0 Å². The third-order valence-corrected chi connectivity index (χ3v) is 3.99. The standard InChI is InChI=1S/C17H27NO2/c1-3-18-17(16-7-5-4-6-8-16)14(2)20-13-15-9-11-19-12-10-15/h4-8,14-15,17-18H,3,9-13H2,1-2H3. The van der Waals surface area contributed by atoms with Gasteiger partial charge in [0.1, 0.15) is 0 Å². The van der Waals surface area contributed by atoms with Gasteiger partial charge in [0.05, 0.1) is 18.8 Å². The predicted molar refractivity (Wildman–Crippen MR) is 81.8 cm³/mol. The molecule has 1 heterocycles. The lowest BCUT2D eigenvalue weighted by Crippen LogP contribution is -2.33. The Morgan fingerprint density at radius 3 is 2.60 bits per heavy atom. The van der Waals surface area contributed by atoms with Crippen molar-refractivity contribution in [2.24, 2.45) is 5.92 Å². The number of nitrogens with one attached hydrogen (secondary N) is 1. The summed E-state index contributed by atoms with van der Waals surface area (Å²) >= 11 is 0. The smallest absolute Gasteiger partial charge is 0.0741 e. The minimum absolute atomic E-state index is 0.181. The Bertz CT molecular complexity index is 363. The van der Waals surface area contributed by atoms with Crippen molar-refractivity contribution in [2.75, 3.05) is 26.4 Å². The van der Waals surface area contributed by atoms with E-state index in [9.17, 15) is 0 Å². The zero-order chi connectivity index (χ0) is 14.2. The molecule has 1 aliphatic heterocycles. The lowest BCUT2D eigenvalue weighted by Gasteiger charge is -2.28. The van der Waals surface area contributed by atoms with Gasteiger partial charge in [0.25, 0.3) is 0 Å². The van der Waals surface area contributed by atoms with Crippen LogP contribution in [0, 0.1) is 5.92 Å². The zero-order valence-corrected chi connectivity index (χ0v) is 12.7. The Balaban J connectivity index is 1.88. The highest BCUT2D eigenvalue weighted by Gasteiger charge is 2.21. The van der Waals surface area contributed by atoms with Crippen molar-refractivity contribution >= 4 is 0 Å². The third kappa shape index (κ3) is 4.58. The van der Waals surface area contributed by atoms with E-state index in [1.54, 1.807) is 0 Å². The monoisotopic (exact) mass is 277 g/mol. The number of hydrogen-bond acceptors (Lipinski definition) is 3. The molecule has 2 atom stereocenters. The van der Waals surface area contributed by atoms with Gasteiger partial charge in [-0.15, -0.1) is 0 Å². The van der Waals surface area contributed by atoms with Gasteiger partial charge in [-0.1, -0.05) is 37.3 Å².